The highest BCUT2D eigenvalue weighted by molar-refractivity contribution is 5.82. The molecule has 1 atom stereocenters. The first-order valence-corrected chi connectivity index (χ1v) is 9.19. The molecule has 134 valence electrons. The Morgan fingerprint density at radius 2 is 2.19 bits per heavy atom. The molecule has 0 spiro atoms. The number of nitrogens with one attached hydrogen (secondary N) is 1. The molecule has 0 bridgehead atoms. The fraction of sp³-hybridized carbons (Fsp3) is 0.333. The zero-order valence-electron chi connectivity index (χ0n) is 15.1. The first-order valence-electron chi connectivity index (χ1n) is 9.19. The number of nitrogens with zero attached hydrogens (tertiary/aromatic N) is 3. The molecule has 2 aromatic heterocycles. The lowest BCUT2D eigenvalue weighted by molar-refractivity contribution is -0.125. The molecule has 1 amide bonds. The van der Waals surface area contributed by atoms with Gasteiger partial charge in [0.25, 0.3) is 0 Å². The summed E-state index contributed by atoms with van der Waals surface area (Å²) in [6.45, 7) is 4.35. The van der Waals surface area contributed by atoms with Gasteiger partial charge in [-0.25, -0.2) is 4.98 Å². The topological polar surface area (TPSA) is 49.6 Å². The Hall–Kier alpha value is -2.66. The first kappa shape index (κ1) is 16.8. The second kappa shape index (κ2) is 7.30. The number of hydrogen-bond acceptors (Lipinski definition) is 3. The van der Waals surface area contributed by atoms with E-state index in [1.807, 2.05) is 35.0 Å². The lowest BCUT2D eigenvalue weighted by Gasteiger charge is -2.23. The zero-order valence-corrected chi connectivity index (χ0v) is 15.1. The van der Waals surface area contributed by atoms with Crippen LogP contribution in [-0.4, -0.2) is 32.8 Å². The predicted octanol–water partition coefficient (Wildman–Crippen LogP) is 2.92. The Labute approximate surface area is 153 Å². The molecule has 5 nitrogen and oxygen atoms in total. The molecule has 5 heteroatoms. The van der Waals surface area contributed by atoms with Crippen LogP contribution in [0.5, 0.6) is 0 Å². The van der Waals surface area contributed by atoms with E-state index >= 15 is 0 Å². The molecule has 3 aromatic rings. The van der Waals surface area contributed by atoms with Gasteiger partial charge in [0.1, 0.15) is 5.82 Å². The third-order valence-corrected chi connectivity index (χ3v) is 5.07. The minimum atomic E-state index is -0.0539. The second-order valence-electron chi connectivity index (χ2n) is 7.01. The van der Waals surface area contributed by atoms with Crippen molar-refractivity contribution in [2.45, 2.75) is 38.9 Å². The molecule has 1 N–H and O–H groups in total. The van der Waals surface area contributed by atoms with Crippen molar-refractivity contribution in [3.8, 4) is 0 Å². The normalized spacial score (nSPS) is 17.7. The van der Waals surface area contributed by atoms with Crippen molar-refractivity contribution >= 4 is 11.4 Å². The molecular weight excluding hydrogens is 324 g/mol. The molecule has 1 aliphatic rings. The van der Waals surface area contributed by atoms with E-state index in [1.54, 1.807) is 0 Å². The van der Waals surface area contributed by atoms with Crippen molar-refractivity contribution in [1.82, 2.24) is 19.6 Å². The van der Waals surface area contributed by atoms with E-state index in [0.717, 1.165) is 37.3 Å². The number of carbonyl (C=O) groups is 1. The molecule has 1 fully saturated rings. The summed E-state index contributed by atoms with van der Waals surface area (Å²) in [6.07, 6.45) is 5.79. The lowest BCUT2D eigenvalue weighted by Crippen LogP contribution is -2.42. The van der Waals surface area contributed by atoms with Gasteiger partial charge >= 0.3 is 0 Å². The number of rotatable bonds is 5. The number of carbonyl (C=O) groups excluding carboxylic acids is 1. The maximum absolute atomic E-state index is 12.8. The fourth-order valence-corrected chi connectivity index (χ4v) is 3.77. The average molecular weight is 348 g/mol. The Morgan fingerprint density at radius 1 is 1.27 bits per heavy atom. The monoisotopic (exact) mass is 348 g/mol. The van der Waals surface area contributed by atoms with Gasteiger partial charge in [-0.15, -0.1) is 0 Å². The molecule has 0 aliphatic carbocycles. The largest absolute Gasteiger partial charge is 0.347 e. The molecule has 1 unspecified atom stereocenters. The molecule has 3 heterocycles. The lowest BCUT2D eigenvalue weighted by atomic mass is 10.1. The van der Waals surface area contributed by atoms with Gasteiger partial charge in [-0.2, -0.15) is 0 Å². The average Bonchev–Trinajstić information content (AvgIpc) is 3.27. The Balaban J connectivity index is 1.40. The van der Waals surface area contributed by atoms with Gasteiger partial charge in [-0.05, 0) is 44.0 Å². The summed E-state index contributed by atoms with van der Waals surface area (Å²) in [5, 5.41) is 3.08. The zero-order chi connectivity index (χ0) is 17.9. The number of aryl methyl sites for hydroxylation is 1. The summed E-state index contributed by atoms with van der Waals surface area (Å²) >= 11 is 0. The van der Waals surface area contributed by atoms with Gasteiger partial charge in [0.15, 0.2) is 0 Å². The van der Waals surface area contributed by atoms with Gasteiger partial charge in [-0.3, -0.25) is 9.69 Å². The van der Waals surface area contributed by atoms with E-state index in [4.69, 9.17) is 0 Å². The summed E-state index contributed by atoms with van der Waals surface area (Å²) in [6, 6.07) is 14.4. The highest BCUT2D eigenvalue weighted by atomic mass is 16.2. The van der Waals surface area contributed by atoms with E-state index in [0.29, 0.717) is 6.54 Å². The van der Waals surface area contributed by atoms with E-state index in [-0.39, 0.29) is 11.9 Å². The van der Waals surface area contributed by atoms with E-state index in [9.17, 15) is 4.79 Å². The molecule has 0 saturated carbocycles. The van der Waals surface area contributed by atoms with Crippen LogP contribution in [0.2, 0.25) is 0 Å². The Kier molecular flexibility index (Phi) is 4.71. The van der Waals surface area contributed by atoms with Gasteiger partial charge in [-0.1, -0.05) is 35.9 Å². The second-order valence-corrected chi connectivity index (χ2v) is 7.01. The number of hydrogen-bond donors (Lipinski definition) is 1. The summed E-state index contributed by atoms with van der Waals surface area (Å²) in [5.41, 5.74) is 3.57. The van der Waals surface area contributed by atoms with Crippen LogP contribution in [0, 0.1) is 6.92 Å². The van der Waals surface area contributed by atoms with Crippen LogP contribution in [0.15, 0.2) is 54.9 Å². The Bertz CT molecular complexity index is 917. The van der Waals surface area contributed by atoms with Crippen LogP contribution in [0.4, 0.5) is 0 Å². The van der Waals surface area contributed by atoms with Crippen LogP contribution < -0.4 is 5.32 Å². The van der Waals surface area contributed by atoms with Crippen molar-refractivity contribution < 1.29 is 4.79 Å². The van der Waals surface area contributed by atoms with Crippen LogP contribution >= 0.6 is 0 Å². The first-order chi connectivity index (χ1) is 12.7. The van der Waals surface area contributed by atoms with Crippen molar-refractivity contribution in [1.29, 1.82) is 0 Å². The van der Waals surface area contributed by atoms with Crippen molar-refractivity contribution in [3.05, 3.63) is 71.8 Å². The number of benzene rings is 1. The standard InChI is InChI=1S/C21H24N4O/c1-16-6-4-7-17(12-16)15-24-10-5-9-19(24)21(26)23-14-20-22-13-18-8-2-3-11-25(18)20/h2-4,6-8,11-13,19H,5,9-10,14-15H2,1H3,(H,23,26). The van der Waals surface area contributed by atoms with Gasteiger partial charge in [0.2, 0.25) is 5.91 Å². The predicted molar refractivity (Wildman–Crippen MR) is 102 cm³/mol. The molecule has 26 heavy (non-hydrogen) atoms. The summed E-state index contributed by atoms with van der Waals surface area (Å²) in [7, 11) is 0. The SMILES string of the molecule is Cc1cccc(CN2CCCC2C(=O)NCc2ncc3ccccn23)c1. The number of likely N-dealkylation sites (tertiary alicyclic amines) is 1. The maximum atomic E-state index is 12.8. The van der Waals surface area contributed by atoms with Crippen LogP contribution in [0.25, 0.3) is 5.52 Å². The number of aromatic nitrogens is 2. The number of fused-ring (bicyclic) bond motifs is 1. The summed E-state index contributed by atoms with van der Waals surface area (Å²) in [5.74, 6) is 0.958. The van der Waals surface area contributed by atoms with E-state index < -0.39 is 0 Å². The smallest absolute Gasteiger partial charge is 0.237 e. The third kappa shape index (κ3) is 3.48. The Morgan fingerprint density at radius 3 is 3.08 bits per heavy atom. The summed E-state index contributed by atoms with van der Waals surface area (Å²) < 4.78 is 2.01. The quantitative estimate of drug-likeness (QED) is 0.771. The van der Waals surface area contributed by atoms with Crippen molar-refractivity contribution in [2.75, 3.05) is 6.54 Å². The minimum Gasteiger partial charge on any atom is -0.347 e. The highest BCUT2D eigenvalue weighted by Gasteiger charge is 2.30. The maximum Gasteiger partial charge on any atom is 0.237 e. The number of imidazole rings is 1. The molecular formula is C21H24N4O. The fourth-order valence-electron chi connectivity index (χ4n) is 3.77. The molecule has 4 rings (SSSR count). The number of amides is 1. The summed E-state index contributed by atoms with van der Waals surface area (Å²) in [4.78, 5) is 19.5. The van der Waals surface area contributed by atoms with Crippen LogP contribution in [0.1, 0.15) is 29.8 Å². The van der Waals surface area contributed by atoms with Crippen molar-refractivity contribution in [2.24, 2.45) is 0 Å². The molecule has 1 aliphatic heterocycles. The third-order valence-electron chi connectivity index (χ3n) is 5.07. The van der Waals surface area contributed by atoms with Gasteiger partial charge < -0.3 is 9.72 Å². The van der Waals surface area contributed by atoms with Crippen molar-refractivity contribution in [3.63, 3.8) is 0 Å². The van der Waals surface area contributed by atoms with E-state index in [2.05, 4.69) is 46.4 Å². The molecule has 0 radical (unpaired) electrons. The van der Waals surface area contributed by atoms with Gasteiger partial charge in [0.05, 0.1) is 24.3 Å². The number of pyridine rings is 1. The van der Waals surface area contributed by atoms with E-state index in [1.165, 1.54) is 11.1 Å². The van der Waals surface area contributed by atoms with Crippen LogP contribution in [-0.2, 0) is 17.9 Å². The molecule has 1 saturated heterocycles. The van der Waals surface area contributed by atoms with Crippen LogP contribution in [0.3, 0.4) is 0 Å². The molecule has 1 aromatic carbocycles. The minimum absolute atomic E-state index is 0.0539. The van der Waals surface area contributed by atoms with Gasteiger partial charge in [0, 0.05) is 12.7 Å². The highest BCUT2D eigenvalue weighted by Crippen LogP contribution is 2.21.